The molecule has 0 spiro atoms. The number of para-hydroxylation sites is 1. The number of nitrogens with one attached hydrogen (secondary N) is 1. The second-order valence-corrected chi connectivity index (χ2v) is 6.63. The summed E-state index contributed by atoms with van der Waals surface area (Å²) < 4.78 is 0. The fraction of sp³-hybridized carbons (Fsp3) is 0.350. The van der Waals surface area contributed by atoms with Crippen molar-refractivity contribution in [3.8, 4) is 0 Å². The molecule has 2 aromatic carbocycles. The lowest BCUT2D eigenvalue weighted by Crippen LogP contribution is -2.35. The smallest absolute Gasteiger partial charge is 0.0816 e. The second-order valence-electron chi connectivity index (χ2n) is 6.14. The fourth-order valence-electron chi connectivity index (χ4n) is 3.27. The van der Waals surface area contributed by atoms with Gasteiger partial charge in [0, 0.05) is 18.2 Å². The topological polar surface area (TPSA) is 15.3 Å². The molecule has 23 heavy (non-hydrogen) atoms. The summed E-state index contributed by atoms with van der Waals surface area (Å²) >= 11 is 5.64. The van der Waals surface area contributed by atoms with Gasteiger partial charge in [-0.15, -0.1) is 0 Å². The van der Waals surface area contributed by atoms with Crippen LogP contribution in [0.25, 0.3) is 0 Å². The van der Waals surface area contributed by atoms with Crippen molar-refractivity contribution in [2.45, 2.75) is 31.7 Å². The van der Waals surface area contributed by atoms with Gasteiger partial charge in [-0.2, -0.15) is 0 Å². The first-order valence-corrected chi connectivity index (χ1v) is 8.87. The number of hydrogen-bond acceptors (Lipinski definition) is 2. The molecule has 1 N–H and O–H groups in total. The van der Waals surface area contributed by atoms with Gasteiger partial charge in [-0.3, -0.25) is 4.90 Å². The molecular weight excluding hydrogens is 300 g/mol. The second kappa shape index (κ2) is 8.23. The predicted molar refractivity (Wildman–Crippen MR) is 102 cm³/mol. The minimum absolute atomic E-state index is 0.375. The van der Waals surface area contributed by atoms with E-state index in [-0.39, 0.29) is 0 Å². The molecule has 0 radical (unpaired) electrons. The van der Waals surface area contributed by atoms with Crippen molar-refractivity contribution in [1.82, 2.24) is 4.90 Å². The molecule has 2 nitrogen and oxygen atoms in total. The van der Waals surface area contributed by atoms with Crippen molar-refractivity contribution in [2.24, 2.45) is 0 Å². The van der Waals surface area contributed by atoms with Crippen LogP contribution in [0.5, 0.6) is 0 Å². The highest BCUT2D eigenvalue weighted by atomic mass is 32.1. The molecule has 1 heterocycles. The van der Waals surface area contributed by atoms with Gasteiger partial charge < -0.3 is 5.32 Å². The summed E-state index contributed by atoms with van der Waals surface area (Å²) in [6.45, 7) is 2.35. The number of piperidine rings is 1. The van der Waals surface area contributed by atoms with Crippen LogP contribution in [-0.4, -0.2) is 23.0 Å². The van der Waals surface area contributed by atoms with Gasteiger partial charge in [0.15, 0.2) is 0 Å². The van der Waals surface area contributed by atoms with E-state index in [1.54, 1.807) is 0 Å². The number of nitrogens with zero attached hydrogens (tertiary/aromatic N) is 1. The van der Waals surface area contributed by atoms with Gasteiger partial charge in [-0.1, -0.05) is 67.2 Å². The molecule has 1 aliphatic rings. The SMILES string of the molecule is S=C(CC(c1ccccc1)N1CCCCC1)Nc1ccccc1. The van der Waals surface area contributed by atoms with E-state index in [0.717, 1.165) is 17.1 Å². The Hall–Kier alpha value is -1.71. The van der Waals surface area contributed by atoms with E-state index in [0.29, 0.717) is 6.04 Å². The van der Waals surface area contributed by atoms with Crippen LogP contribution in [0.4, 0.5) is 5.69 Å². The largest absolute Gasteiger partial charge is 0.350 e. The van der Waals surface area contributed by atoms with Crippen molar-refractivity contribution in [3.05, 3.63) is 66.2 Å². The van der Waals surface area contributed by atoms with E-state index >= 15 is 0 Å². The predicted octanol–water partition coefficient (Wildman–Crippen LogP) is 5.04. The quantitative estimate of drug-likeness (QED) is 0.775. The fourth-order valence-corrected chi connectivity index (χ4v) is 3.55. The van der Waals surface area contributed by atoms with Crippen LogP contribution in [0.3, 0.4) is 0 Å². The highest BCUT2D eigenvalue weighted by Gasteiger charge is 2.23. The van der Waals surface area contributed by atoms with Crippen molar-refractivity contribution in [2.75, 3.05) is 18.4 Å². The molecule has 1 saturated heterocycles. The Morgan fingerprint density at radius 1 is 0.913 bits per heavy atom. The van der Waals surface area contributed by atoms with E-state index in [1.807, 2.05) is 18.2 Å². The summed E-state index contributed by atoms with van der Waals surface area (Å²) in [6.07, 6.45) is 4.81. The zero-order chi connectivity index (χ0) is 15.9. The summed E-state index contributed by atoms with van der Waals surface area (Å²) in [5, 5.41) is 3.39. The molecule has 120 valence electrons. The van der Waals surface area contributed by atoms with E-state index < -0.39 is 0 Å². The van der Waals surface area contributed by atoms with Gasteiger partial charge in [0.1, 0.15) is 0 Å². The maximum Gasteiger partial charge on any atom is 0.0816 e. The Morgan fingerprint density at radius 3 is 2.17 bits per heavy atom. The molecule has 1 aliphatic heterocycles. The standard InChI is InChI=1S/C20H24N2S/c23-20(21-18-12-6-2-7-13-18)16-19(17-10-4-1-5-11-17)22-14-8-3-9-15-22/h1-2,4-7,10-13,19H,3,8-9,14-16H2,(H,21,23). The molecule has 3 heteroatoms. The van der Waals surface area contributed by atoms with E-state index in [9.17, 15) is 0 Å². The van der Waals surface area contributed by atoms with Gasteiger partial charge in [-0.25, -0.2) is 0 Å². The van der Waals surface area contributed by atoms with Crippen LogP contribution in [0.2, 0.25) is 0 Å². The molecule has 0 bridgehead atoms. The zero-order valence-corrected chi connectivity index (χ0v) is 14.3. The highest BCUT2D eigenvalue weighted by Crippen LogP contribution is 2.28. The number of benzene rings is 2. The lowest BCUT2D eigenvalue weighted by atomic mass is 9.99. The van der Waals surface area contributed by atoms with E-state index in [2.05, 4.69) is 52.7 Å². The third kappa shape index (κ3) is 4.63. The average molecular weight is 324 g/mol. The first kappa shape index (κ1) is 16.2. The minimum Gasteiger partial charge on any atom is -0.350 e. The molecule has 0 aromatic heterocycles. The molecule has 1 atom stereocenters. The van der Waals surface area contributed by atoms with Gasteiger partial charge in [0.25, 0.3) is 0 Å². The van der Waals surface area contributed by atoms with E-state index in [4.69, 9.17) is 12.2 Å². The first-order chi connectivity index (χ1) is 11.3. The van der Waals surface area contributed by atoms with Gasteiger partial charge >= 0.3 is 0 Å². The third-order valence-corrected chi connectivity index (χ3v) is 4.72. The Bertz CT molecular complexity index is 606. The Balaban J connectivity index is 1.71. The summed E-state index contributed by atoms with van der Waals surface area (Å²) in [6, 6.07) is 21.4. The Kier molecular flexibility index (Phi) is 5.78. The number of anilines is 1. The normalized spacial score (nSPS) is 16.7. The maximum atomic E-state index is 5.64. The van der Waals surface area contributed by atoms with Crippen LogP contribution in [0.1, 0.15) is 37.3 Å². The first-order valence-electron chi connectivity index (χ1n) is 8.47. The lowest BCUT2D eigenvalue weighted by molar-refractivity contribution is 0.167. The van der Waals surface area contributed by atoms with Crippen molar-refractivity contribution >= 4 is 22.9 Å². The van der Waals surface area contributed by atoms with Crippen LogP contribution in [0, 0.1) is 0 Å². The van der Waals surface area contributed by atoms with Crippen molar-refractivity contribution < 1.29 is 0 Å². The number of hydrogen-bond donors (Lipinski definition) is 1. The van der Waals surface area contributed by atoms with Crippen molar-refractivity contribution in [1.29, 1.82) is 0 Å². The highest BCUT2D eigenvalue weighted by molar-refractivity contribution is 7.80. The van der Waals surface area contributed by atoms with Crippen LogP contribution >= 0.6 is 12.2 Å². The molecule has 1 fully saturated rings. The molecule has 0 aliphatic carbocycles. The molecule has 0 amide bonds. The Labute approximate surface area is 144 Å². The Morgan fingerprint density at radius 2 is 1.52 bits per heavy atom. The minimum atomic E-state index is 0.375. The number of likely N-dealkylation sites (tertiary alicyclic amines) is 1. The number of thiocarbonyl (C=S) groups is 1. The molecule has 3 rings (SSSR count). The van der Waals surface area contributed by atoms with Gasteiger partial charge in [-0.05, 0) is 43.6 Å². The zero-order valence-electron chi connectivity index (χ0n) is 13.4. The van der Waals surface area contributed by atoms with E-state index in [1.165, 1.54) is 37.9 Å². The summed E-state index contributed by atoms with van der Waals surface area (Å²) in [5.74, 6) is 0. The number of rotatable bonds is 5. The summed E-state index contributed by atoms with van der Waals surface area (Å²) in [5.41, 5.74) is 2.44. The molecular formula is C20H24N2S. The van der Waals surface area contributed by atoms with Crippen LogP contribution in [0.15, 0.2) is 60.7 Å². The third-order valence-electron chi connectivity index (χ3n) is 4.45. The van der Waals surface area contributed by atoms with Crippen LogP contribution in [-0.2, 0) is 0 Å². The molecule has 0 saturated carbocycles. The monoisotopic (exact) mass is 324 g/mol. The van der Waals surface area contributed by atoms with Gasteiger partial charge in [0.2, 0.25) is 0 Å². The van der Waals surface area contributed by atoms with Crippen molar-refractivity contribution in [3.63, 3.8) is 0 Å². The van der Waals surface area contributed by atoms with Crippen LogP contribution < -0.4 is 5.32 Å². The molecule has 2 aromatic rings. The summed E-state index contributed by atoms with van der Waals surface area (Å²) in [7, 11) is 0. The lowest BCUT2D eigenvalue weighted by Gasteiger charge is -2.35. The maximum absolute atomic E-state index is 5.64. The molecule has 1 unspecified atom stereocenters. The average Bonchev–Trinajstić information content (AvgIpc) is 2.62. The van der Waals surface area contributed by atoms with Gasteiger partial charge in [0.05, 0.1) is 4.99 Å². The summed E-state index contributed by atoms with van der Waals surface area (Å²) in [4.78, 5) is 3.51.